The lowest BCUT2D eigenvalue weighted by Crippen LogP contribution is -2.45. The molecule has 63 heavy (non-hydrogen) atoms. The second kappa shape index (κ2) is 55.2. The minimum absolute atomic E-state index is 0.0583. The summed E-state index contributed by atoms with van der Waals surface area (Å²) in [6.07, 6.45) is 73.5. The smallest absolute Gasteiger partial charge is 0.220 e. The van der Waals surface area contributed by atoms with E-state index in [4.69, 9.17) is 0 Å². The van der Waals surface area contributed by atoms with Crippen LogP contribution in [0.4, 0.5) is 0 Å². The van der Waals surface area contributed by atoms with E-state index in [1.807, 2.05) is 6.08 Å². The summed E-state index contributed by atoms with van der Waals surface area (Å²) in [7, 11) is 0. The summed E-state index contributed by atoms with van der Waals surface area (Å²) in [5, 5.41) is 23.2. The molecule has 0 aliphatic rings. The Bertz CT molecular complexity index is 916. The van der Waals surface area contributed by atoms with E-state index in [-0.39, 0.29) is 12.5 Å². The molecule has 2 unspecified atom stereocenters. The molecule has 0 aromatic carbocycles. The first-order chi connectivity index (χ1) is 31.2. The number of aliphatic hydroxyl groups excluding tert-OH is 2. The molecule has 1 amide bonds. The van der Waals surface area contributed by atoms with Crippen molar-refractivity contribution in [3.05, 3.63) is 24.3 Å². The zero-order valence-electron chi connectivity index (χ0n) is 43.1. The molecule has 4 heteroatoms. The third-order valence-corrected chi connectivity index (χ3v) is 13.7. The third kappa shape index (κ3) is 51.7. The van der Waals surface area contributed by atoms with Crippen LogP contribution in [0.3, 0.4) is 0 Å². The predicted octanol–water partition coefficient (Wildman–Crippen LogP) is 19.1. The minimum atomic E-state index is -0.838. The Balaban J connectivity index is 3.46. The molecule has 0 rings (SSSR count). The van der Waals surface area contributed by atoms with Crippen LogP contribution in [0.5, 0.6) is 0 Å². The topological polar surface area (TPSA) is 69.6 Å². The molecule has 0 heterocycles. The highest BCUT2D eigenvalue weighted by Gasteiger charge is 2.18. The van der Waals surface area contributed by atoms with Crippen molar-refractivity contribution in [3.63, 3.8) is 0 Å². The number of amides is 1. The van der Waals surface area contributed by atoms with Crippen molar-refractivity contribution in [3.8, 4) is 0 Å². The predicted molar refractivity (Wildman–Crippen MR) is 281 cm³/mol. The fourth-order valence-electron chi connectivity index (χ4n) is 9.24. The molecular weight excluding hydrogens is 771 g/mol. The zero-order chi connectivity index (χ0) is 45.6. The summed E-state index contributed by atoms with van der Waals surface area (Å²) >= 11 is 0. The lowest BCUT2D eigenvalue weighted by molar-refractivity contribution is -0.123. The molecule has 0 aliphatic heterocycles. The van der Waals surface area contributed by atoms with Crippen LogP contribution >= 0.6 is 0 Å². The summed E-state index contributed by atoms with van der Waals surface area (Å²) in [5.74, 6) is -0.0583. The van der Waals surface area contributed by atoms with Crippen LogP contribution in [0, 0.1) is 0 Å². The van der Waals surface area contributed by atoms with E-state index < -0.39 is 12.1 Å². The van der Waals surface area contributed by atoms with Gasteiger partial charge in [0.1, 0.15) is 0 Å². The molecule has 0 fully saturated rings. The number of carbonyl (C=O) groups is 1. The Morgan fingerprint density at radius 3 is 0.873 bits per heavy atom. The van der Waals surface area contributed by atoms with Crippen LogP contribution in [-0.2, 0) is 4.79 Å². The normalized spacial score (nSPS) is 12.9. The molecule has 0 aromatic rings. The van der Waals surface area contributed by atoms with E-state index in [1.54, 1.807) is 6.08 Å². The third-order valence-electron chi connectivity index (χ3n) is 13.7. The van der Waals surface area contributed by atoms with E-state index in [1.165, 1.54) is 283 Å². The van der Waals surface area contributed by atoms with Gasteiger partial charge in [-0.15, -0.1) is 0 Å². The van der Waals surface area contributed by atoms with Crippen molar-refractivity contribution in [1.29, 1.82) is 0 Å². The van der Waals surface area contributed by atoms with Gasteiger partial charge in [-0.3, -0.25) is 4.79 Å². The lowest BCUT2D eigenvalue weighted by Gasteiger charge is -2.20. The largest absolute Gasteiger partial charge is 0.394 e. The molecule has 2 atom stereocenters. The summed E-state index contributed by atoms with van der Waals surface area (Å²) in [6.45, 7) is 4.35. The van der Waals surface area contributed by atoms with Crippen LogP contribution in [-0.4, -0.2) is 34.9 Å². The van der Waals surface area contributed by atoms with Crippen molar-refractivity contribution < 1.29 is 15.0 Å². The average molecular weight is 887 g/mol. The first-order valence-corrected chi connectivity index (χ1v) is 29.1. The highest BCUT2D eigenvalue weighted by atomic mass is 16.3. The number of rotatable bonds is 54. The van der Waals surface area contributed by atoms with Gasteiger partial charge in [-0.1, -0.05) is 301 Å². The fourth-order valence-corrected chi connectivity index (χ4v) is 9.24. The van der Waals surface area contributed by atoms with Gasteiger partial charge in [0, 0.05) is 6.42 Å². The summed E-state index contributed by atoms with van der Waals surface area (Å²) < 4.78 is 0. The maximum absolute atomic E-state index is 12.5. The molecule has 0 saturated heterocycles. The SMILES string of the molecule is CCCCCCCCCC/C=C\CCCCCCCCCCCCCCCC(=O)NC(CO)C(O)/C=C/CCCCCCCCCCCCCCCCCCCCCCCCCC. The van der Waals surface area contributed by atoms with Crippen molar-refractivity contribution >= 4 is 5.91 Å². The van der Waals surface area contributed by atoms with Crippen molar-refractivity contribution in [2.75, 3.05) is 6.61 Å². The van der Waals surface area contributed by atoms with E-state index in [0.29, 0.717) is 6.42 Å². The van der Waals surface area contributed by atoms with E-state index in [0.717, 1.165) is 25.7 Å². The molecule has 0 bridgehead atoms. The van der Waals surface area contributed by atoms with Crippen molar-refractivity contribution in [1.82, 2.24) is 5.32 Å². The maximum Gasteiger partial charge on any atom is 0.220 e. The molecule has 0 saturated carbocycles. The number of allylic oxidation sites excluding steroid dienone is 3. The van der Waals surface area contributed by atoms with Crippen LogP contribution in [0.1, 0.15) is 328 Å². The lowest BCUT2D eigenvalue weighted by atomic mass is 10.0. The Labute approximate surface area is 396 Å². The highest BCUT2D eigenvalue weighted by molar-refractivity contribution is 5.76. The highest BCUT2D eigenvalue weighted by Crippen LogP contribution is 2.18. The minimum Gasteiger partial charge on any atom is -0.394 e. The first kappa shape index (κ1) is 61.9. The van der Waals surface area contributed by atoms with Gasteiger partial charge in [0.15, 0.2) is 0 Å². The van der Waals surface area contributed by atoms with E-state index in [2.05, 4.69) is 31.3 Å². The monoisotopic (exact) mass is 886 g/mol. The van der Waals surface area contributed by atoms with Crippen LogP contribution in [0.25, 0.3) is 0 Å². The quantitative estimate of drug-likeness (QED) is 0.0421. The van der Waals surface area contributed by atoms with Gasteiger partial charge in [-0.2, -0.15) is 0 Å². The van der Waals surface area contributed by atoms with Crippen molar-refractivity contribution in [2.24, 2.45) is 0 Å². The molecule has 0 spiro atoms. The Hall–Kier alpha value is -1.13. The zero-order valence-corrected chi connectivity index (χ0v) is 43.1. The van der Waals surface area contributed by atoms with E-state index >= 15 is 0 Å². The molecule has 374 valence electrons. The maximum atomic E-state index is 12.5. The average Bonchev–Trinajstić information content (AvgIpc) is 3.29. The van der Waals surface area contributed by atoms with Gasteiger partial charge in [0.2, 0.25) is 5.91 Å². The van der Waals surface area contributed by atoms with Gasteiger partial charge in [-0.25, -0.2) is 0 Å². The summed E-state index contributed by atoms with van der Waals surface area (Å²) in [5.41, 5.74) is 0. The first-order valence-electron chi connectivity index (χ1n) is 29.1. The van der Waals surface area contributed by atoms with Gasteiger partial charge >= 0.3 is 0 Å². The number of aliphatic hydroxyl groups is 2. The molecular formula is C59H115NO3. The van der Waals surface area contributed by atoms with Gasteiger partial charge < -0.3 is 15.5 Å². The number of hydrogen-bond donors (Lipinski definition) is 3. The second-order valence-electron chi connectivity index (χ2n) is 20.1. The summed E-state index contributed by atoms with van der Waals surface area (Å²) in [6, 6.07) is -0.621. The number of nitrogens with one attached hydrogen (secondary N) is 1. The number of carbonyl (C=O) groups excluding carboxylic acids is 1. The molecule has 0 aliphatic carbocycles. The molecule has 0 radical (unpaired) electrons. The Kier molecular flexibility index (Phi) is 54.2. The van der Waals surface area contributed by atoms with E-state index in [9.17, 15) is 15.0 Å². The Morgan fingerprint density at radius 2 is 0.603 bits per heavy atom. The second-order valence-corrected chi connectivity index (χ2v) is 20.1. The van der Waals surface area contributed by atoms with Crippen LogP contribution < -0.4 is 5.32 Å². The fraction of sp³-hybridized carbons (Fsp3) is 0.915. The molecule has 3 N–H and O–H groups in total. The number of hydrogen-bond acceptors (Lipinski definition) is 3. The van der Waals surface area contributed by atoms with Crippen LogP contribution in [0.2, 0.25) is 0 Å². The van der Waals surface area contributed by atoms with Crippen molar-refractivity contribution in [2.45, 2.75) is 341 Å². The van der Waals surface area contributed by atoms with Crippen LogP contribution in [0.15, 0.2) is 24.3 Å². The number of unbranched alkanes of at least 4 members (excludes halogenated alkanes) is 45. The standard InChI is InChI=1S/C59H115NO3/c1-3-5-7-9-11-13-15-17-19-21-23-25-27-29-31-32-34-36-38-40-42-44-46-48-50-52-54-58(62)57(56-61)60-59(63)55-53-51-49-47-45-43-41-39-37-35-33-30-28-26-24-22-20-18-16-14-12-10-8-6-4-2/h22,24,52,54,57-58,61-62H,3-21,23,25-51,53,55-56H2,1-2H3,(H,60,63)/b24-22-,54-52+. The molecule has 4 nitrogen and oxygen atoms in total. The van der Waals surface area contributed by atoms with Gasteiger partial charge in [0.25, 0.3) is 0 Å². The molecule has 0 aromatic heterocycles. The van der Waals surface area contributed by atoms with Gasteiger partial charge in [0.05, 0.1) is 18.8 Å². The van der Waals surface area contributed by atoms with Gasteiger partial charge in [-0.05, 0) is 44.9 Å². The summed E-state index contributed by atoms with van der Waals surface area (Å²) in [4.78, 5) is 12.5. The Morgan fingerprint density at radius 1 is 0.365 bits per heavy atom.